The van der Waals surface area contributed by atoms with Gasteiger partial charge < -0.3 is 10.6 Å². The van der Waals surface area contributed by atoms with Crippen LogP contribution in [0.3, 0.4) is 0 Å². The lowest BCUT2D eigenvalue weighted by molar-refractivity contribution is 0.325. The highest BCUT2D eigenvalue weighted by Gasteiger charge is 2.24. The summed E-state index contributed by atoms with van der Waals surface area (Å²) in [6.45, 7) is 7.19. The summed E-state index contributed by atoms with van der Waals surface area (Å²) >= 11 is 6.38. The second-order valence-electron chi connectivity index (χ2n) is 5.82. The zero-order chi connectivity index (χ0) is 13.2. The standard InChI is InChI=1S/C14H22ClN3/c1-14(2)5-3-8-18(9-6-14)13-12(15)11(10-16)4-7-17-13/h4,7H,3,5-6,8-10,16H2,1-2H3. The van der Waals surface area contributed by atoms with Gasteiger partial charge in [0.25, 0.3) is 0 Å². The predicted octanol–water partition coefficient (Wildman–Crippen LogP) is 3.21. The van der Waals surface area contributed by atoms with Gasteiger partial charge in [0.2, 0.25) is 0 Å². The molecule has 2 rings (SSSR count). The molecule has 1 aliphatic rings. The summed E-state index contributed by atoms with van der Waals surface area (Å²) in [5.41, 5.74) is 7.09. The first-order chi connectivity index (χ1) is 8.53. The van der Waals surface area contributed by atoms with E-state index < -0.39 is 0 Å². The lowest BCUT2D eigenvalue weighted by Crippen LogP contribution is -2.26. The van der Waals surface area contributed by atoms with Gasteiger partial charge in [-0.1, -0.05) is 25.4 Å². The zero-order valence-electron chi connectivity index (χ0n) is 11.2. The highest BCUT2D eigenvalue weighted by molar-refractivity contribution is 6.33. The molecule has 3 nitrogen and oxygen atoms in total. The van der Waals surface area contributed by atoms with Crippen molar-refractivity contribution in [2.24, 2.45) is 11.1 Å². The Morgan fingerprint density at radius 3 is 2.89 bits per heavy atom. The van der Waals surface area contributed by atoms with Gasteiger partial charge in [0.15, 0.2) is 0 Å². The van der Waals surface area contributed by atoms with Gasteiger partial charge in [0, 0.05) is 25.8 Å². The second-order valence-corrected chi connectivity index (χ2v) is 6.19. The minimum atomic E-state index is 0.423. The summed E-state index contributed by atoms with van der Waals surface area (Å²) < 4.78 is 0. The Morgan fingerprint density at radius 1 is 1.39 bits per heavy atom. The molecule has 100 valence electrons. The molecule has 2 heterocycles. The van der Waals surface area contributed by atoms with Crippen molar-refractivity contribution in [1.82, 2.24) is 4.98 Å². The summed E-state index contributed by atoms with van der Waals surface area (Å²) in [5.74, 6) is 0.900. The number of hydrogen-bond acceptors (Lipinski definition) is 3. The summed E-state index contributed by atoms with van der Waals surface area (Å²) in [4.78, 5) is 6.74. The van der Waals surface area contributed by atoms with Crippen LogP contribution in [-0.2, 0) is 6.54 Å². The topological polar surface area (TPSA) is 42.2 Å². The minimum absolute atomic E-state index is 0.423. The van der Waals surface area contributed by atoms with Crippen molar-refractivity contribution in [1.29, 1.82) is 0 Å². The van der Waals surface area contributed by atoms with Crippen molar-refractivity contribution >= 4 is 17.4 Å². The Bertz CT molecular complexity index is 418. The summed E-state index contributed by atoms with van der Waals surface area (Å²) in [6.07, 6.45) is 5.44. The van der Waals surface area contributed by atoms with Crippen molar-refractivity contribution in [2.45, 2.75) is 39.7 Å². The Balaban J connectivity index is 2.21. The van der Waals surface area contributed by atoms with Crippen LogP contribution >= 0.6 is 11.6 Å². The Hall–Kier alpha value is -0.800. The summed E-state index contributed by atoms with van der Waals surface area (Å²) in [7, 11) is 0. The molecular weight excluding hydrogens is 246 g/mol. The van der Waals surface area contributed by atoms with Crippen molar-refractivity contribution in [3.63, 3.8) is 0 Å². The first-order valence-electron chi connectivity index (χ1n) is 6.62. The number of anilines is 1. The molecule has 1 aromatic heterocycles. The largest absolute Gasteiger partial charge is 0.355 e. The monoisotopic (exact) mass is 267 g/mol. The maximum absolute atomic E-state index is 6.38. The van der Waals surface area contributed by atoms with Crippen LogP contribution in [-0.4, -0.2) is 18.1 Å². The van der Waals surface area contributed by atoms with Gasteiger partial charge in [-0.15, -0.1) is 0 Å². The van der Waals surface area contributed by atoms with Crippen LogP contribution < -0.4 is 10.6 Å². The van der Waals surface area contributed by atoms with E-state index >= 15 is 0 Å². The molecule has 1 aliphatic heterocycles. The van der Waals surface area contributed by atoms with Crippen LogP contribution in [0.2, 0.25) is 5.02 Å². The number of hydrogen-bond donors (Lipinski definition) is 1. The van der Waals surface area contributed by atoms with E-state index in [1.54, 1.807) is 6.20 Å². The van der Waals surface area contributed by atoms with Crippen molar-refractivity contribution in [3.05, 3.63) is 22.8 Å². The first kappa shape index (κ1) is 13.6. The molecule has 0 spiro atoms. The van der Waals surface area contributed by atoms with E-state index in [9.17, 15) is 0 Å². The molecule has 4 heteroatoms. The number of aromatic nitrogens is 1. The maximum atomic E-state index is 6.38. The normalized spacial score (nSPS) is 19.7. The lowest BCUT2D eigenvalue weighted by Gasteiger charge is -2.25. The molecular formula is C14H22ClN3. The van der Waals surface area contributed by atoms with Crippen LogP contribution in [0, 0.1) is 5.41 Å². The van der Waals surface area contributed by atoms with Gasteiger partial charge in [-0.05, 0) is 36.3 Å². The third-order valence-corrected chi connectivity index (χ3v) is 4.22. The molecule has 0 radical (unpaired) electrons. The fraction of sp³-hybridized carbons (Fsp3) is 0.643. The molecule has 2 N–H and O–H groups in total. The van der Waals surface area contributed by atoms with Crippen LogP contribution in [0.15, 0.2) is 12.3 Å². The SMILES string of the molecule is CC1(C)CCCN(c2nccc(CN)c2Cl)CC1. The first-order valence-corrected chi connectivity index (χ1v) is 7.00. The Labute approximate surface area is 114 Å². The number of pyridine rings is 1. The fourth-order valence-electron chi connectivity index (χ4n) is 2.48. The minimum Gasteiger partial charge on any atom is -0.355 e. The smallest absolute Gasteiger partial charge is 0.147 e. The van der Waals surface area contributed by atoms with Gasteiger partial charge in [0.05, 0.1) is 5.02 Å². The van der Waals surface area contributed by atoms with Gasteiger partial charge in [-0.3, -0.25) is 0 Å². The molecule has 0 saturated carbocycles. The molecule has 0 aromatic carbocycles. The van der Waals surface area contributed by atoms with E-state index in [1.165, 1.54) is 19.3 Å². The van der Waals surface area contributed by atoms with Crippen molar-refractivity contribution in [3.8, 4) is 0 Å². The third kappa shape index (κ3) is 2.96. The zero-order valence-corrected chi connectivity index (χ0v) is 12.0. The average molecular weight is 268 g/mol. The molecule has 0 aliphatic carbocycles. The molecule has 0 unspecified atom stereocenters. The van der Waals surface area contributed by atoms with E-state index in [0.29, 0.717) is 12.0 Å². The van der Waals surface area contributed by atoms with Crippen LogP contribution in [0.4, 0.5) is 5.82 Å². The number of nitrogens with zero attached hydrogens (tertiary/aromatic N) is 2. The van der Waals surface area contributed by atoms with E-state index in [1.807, 2.05) is 6.07 Å². The van der Waals surface area contributed by atoms with Gasteiger partial charge in [-0.2, -0.15) is 0 Å². The number of nitrogens with two attached hydrogens (primary N) is 1. The number of halogens is 1. The number of rotatable bonds is 2. The summed E-state index contributed by atoms with van der Waals surface area (Å²) in [5, 5.41) is 0.722. The van der Waals surface area contributed by atoms with Crippen LogP contribution in [0.25, 0.3) is 0 Å². The average Bonchev–Trinajstić information content (AvgIpc) is 2.51. The van der Waals surface area contributed by atoms with E-state index in [2.05, 4.69) is 23.7 Å². The second kappa shape index (κ2) is 5.45. The molecule has 0 amide bonds. The Morgan fingerprint density at radius 2 is 2.17 bits per heavy atom. The third-order valence-electron chi connectivity index (χ3n) is 3.81. The molecule has 1 fully saturated rings. The molecule has 18 heavy (non-hydrogen) atoms. The van der Waals surface area contributed by atoms with Gasteiger partial charge >= 0.3 is 0 Å². The maximum Gasteiger partial charge on any atom is 0.147 e. The lowest BCUT2D eigenvalue weighted by atomic mass is 9.85. The molecule has 0 atom stereocenters. The van der Waals surface area contributed by atoms with Crippen LogP contribution in [0.1, 0.15) is 38.7 Å². The van der Waals surface area contributed by atoms with Crippen molar-refractivity contribution in [2.75, 3.05) is 18.0 Å². The van der Waals surface area contributed by atoms with E-state index in [-0.39, 0.29) is 0 Å². The predicted molar refractivity (Wildman–Crippen MR) is 77.0 cm³/mol. The molecule has 1 aromatic rings. The molecule has 0 bridgehead atoms. The summed E-state index contributed by atoms with van der Waals surface area (Å²) in [6, 6.07) is 1.90. The highest BCUT2D eigenvalue weighted by Crippen LogP contribution is 2.34. The fourth-order valence-corrected chi connectivity index (χ4v) is 2.79. The van der Waals surface area contributed by atoms with Gasteiger partial charge in [-0.25, -0.2) is 4.98 Å². The molecule has 1 saturated heterocycles. The van der Waals surface area contributed by atoms with Gasteiger partial charge in [0.1, 0.15) is 5.82 Å². The van der Waals surface area contributed by atoms with E-state index in [4.69, 9.17) is 17.3 Å². The van der Waals surface area contributed by atoms with E-state index in [0.717, 1.165) is 29.5 Å². The highest BCUT2D eigenvalue weighted by atomic mass is 35.5. The quantitative estimate of drug-likeness (QED) is 0.895. The Kier molecular flexibility index (Phi) is 4.13. The van der Waals surface area contributed by atoms with Crippen molar-refractivity contribution < 1.29 is 0 Å². The van der Waals surface area contributed by atoms with Crippen LogP contribution in [0.5, 0.6) is 0 Å².